The standard InChI is InChI=1S/C16H12FN3O5/c1-8-4-14(22)25-12-5-9(2-3-10(8)12)18-13(21)7-20-6-11(17)15(23)19-16(20)24/h2-6H,7H2,1H3,(H,18,21)(H,19,23,24). The van der Waals surface area contributed by atoms with Crippen molar-refractivity contribution in [1.29, 1.82) is 0 Å². The molecule has 0 saturated heterocycles. The predicted octanol–water partition coefficient (Wildman–Crippen LogP) is 0.729. The molecule has 8 nitrogen and oxygen atoms in total. The Labute approximate surface area is 138 Å². The molecular formula is C16H12FN3O5. The van der Waals surface area contributed by atoms with Crippen LogP contribution in [0.4, 0.5) is 10.1 Å². The molecule has 25 heavy (non-hydrogen) atoms. The van der Waals surface area contributed by atoms with E-state index in [2.05, 4.69) is 5.32 Å². The summed E-state index contributed by atoms with van der Waals surface area (Å²) in [6.45, 7) is 1.26. The highest BCUT2D eigenvalue weighted by molar-refractivity contribution is 5.93. The van der Waals surface area contributed by atoms with Crippen LogP contribution in [0.5, 0.6) is 0 Å². The molecular weight excluding hydrogens is 333 g/mol. The maximum absolute atomic E-state index is 13.2. The zero-order valence-electron chi connectivity index (χ0n) is 13.0. The molecule has 1 aromatic carbocycles. The number of halogens is 1. The first-order chi connectivity index (χ1) is 11.8. The molecule has 2 aromatic heterocycles. The molecule has 0 saturated carbocycles. The number of aromatic amines is 1. The Hall–Kier alpha value is -3.49. The lowest BCUT2D eigenvalue weighted by atomic mass is 10.1. The van der Waals surface area contributed by atoms with Crippen LogP contribution in [0.1, 0.15) is 5.56 Å². The molecule has 0 aliphatic heterocycles. The Morgan fingerprint density at radius 1 is 1.28 bits per heavy atom. The average Bonchev–Trinajstić information content (AvgIpc) is 2.52. The molecule has 0 unspecified atom stereocenters. The minimum absolute atomic E-state index is 0.301. The van der Waals surface area contributed by atoms with Crippen molar-refractivity contribution in [2.75, 3.05) is 5.32 Å². The molecule has 0 atom stereocenters. The van der Waals surface area contributed by atoms with Crippen molar-refractivity contribution in [1.82, 2.24) is 9.55 Å². The third-order valence-electron chi connectivity index (χ3n) is 3.52. The van der Waals surface area contributed by atoms with E-state index in [0.29, 0.717) is 17.5 Å². The van der Waals surface area contributed by atoms with Gasteiger partial charge in [0.25, 0.3) is 5.56 Å². The molecule has 9 heteroatoms. The van der Waals surface area contributed by atoms with E-state index in [-0.39, 0.29) is 0 Å². The largest absolute Gasteiger partial charge is 0.423 e. The van der Waals surface area contributed by atoms with E-state index in [1.807, 2.05) is 0 Å². The summed E-state index contributed by atoms with van der Waals surface area (Å²) in [6, 6.07) is 6.11. The number of hydrogen-bond acceptors (Lipinski definition) is 5. The summed E-state index contributed by atoms with van der Waals surface area (Å²) in [7, 11) is 0. The molecule has 2 heterocycles. The highest BCUT2D eigenvalue weighted by Gasteiger charge is 2.10. The summed E-state index contributed by atoms with van der Waals surface area (Å²) in [5.74, 6) is -1.79. The fourth-order valence-electron chi connectivity index (χ4n) is 2.36. The van der Waals surface area contributed by atoms with Crippen molar-refractivity contribution in [3.63, 3.8) is 0 Å². The lowest BCUT2D eigenvalue weighted by Crippen LogP contribution is -2.34. The van der Waals surface area contributed by atoms with Gasteiger partial charge in [-0.25, -0.2) is 9.59 Å². The molecule has 0 fully saturated rings. The molecule has 0 bridgehead atoms. The van der Waals surface area contributed by atoms with Gasteiger partial charge in [0.05, 0.1) is 6.20 Å². The number of rotatable bonds is 3. The van der Waals surface area contributed by atoms with Gasteiger partial charge >= 0.3 is 11.3 Å². The average molecular weight is 345 g/mol. The van der Waals surface area contributed by atoms with Gasteiger partial charge in [0, 0.05) is 23.2 Å². The predicted molar refractivity (Wildman–Crippen MR) is 87.1 cm³/mol. The molecule has 2 N–H and O–H groups in total. The zero-order chi connectivity index (χ0) is 18.1. The van der Waals surface area contributed by atoms with E-state index in [1.54, 1.807) is 24.0 Å². The minimum Gasteiger partial charge on any atom is -0.423 e. The molecule has 1 amide bonds. The monoisotopic (exact) mass is 345 g/mol. The third-order valence-corrected chi connectivity index (χ3v) is 3.52. The summed E-state index contributed by atoms with van der Waals surface area (Å²) < 4.78 is 19.0. The number of anilines is 1. The topological polar surface area (TPSA) is 114 Å². The van der Waals surface area contributed by atoms with Crippen molar-refractivity contribution in [2.45, 2.75) is 13.5 Å². The van der Waals surface area contributed by atoms with Gasteiger partial charge < -0.3 is 9.73 Å². The maximum atomic E-state index is 13.2. The van der Waals surface area contributed by atoms with Crippen molar-refractivity contribution in [3.05, 3.63) is 73.1 Å². The fraction of sp³-hybridized carbons (Fsp3) is 0.125. The number of aryl methyl sites for hydroxylation is 1. The van der Waals surface area contributed by atoms with E-state index >= 15 is 0 Å². The van der Waals surface area contributed by atoms with Crippen LogP contribution >= 0.6 is 0 Å². The Balaban J connectivity index is 1.85. The number of hydrogen-bond donors (Lipinski definition) is 2. The molecule has 0 spiro atoms. The lowest BCUT2D eigenvalue weighted by Gasteiger charge is -2.08. The quantitative estimate of drug-likeness (QED) is 0.679. The van der Waals surface area contributed by atoms with Crippen LogP contribution in [0.25, 0.3) is 11.0 Å². The van der Waals surface area contributed by atoms with Gasteiger partial charge in [-0.05, 0) is 24.6 Å². The van der Waals surface area contributed by atoms with Gasteiger partial charge in [0.15, 0.2) is 0 Å². The van der Waals surface area contributed by atoms with Crippen LogP contribution in [-0.2, 0) is 11.3 Å². The van der Waals surface area contributed by atoms with Crippen LogP contribution in [-0.4, -0.2) is 15.5 Å². The van der Waals surface area contributed by atoms with Crippen molar-refractivity contribution >= 4 is 22.6 Å². The zero-order valence-corrected chi connectivity index (χ0v) is 13.0. The second-order valence-corrected chi connectivity index (χ2v) is 5.37. The van der Waals surface area contributed by atoms with Crippen LogP contribution in [0.2, 0.25) is 0 Å². The molecule has 3 rings (SSSR count). The number of benzene rings is 1. The van der Waals surface area contributed by atoms with Crippen molar-refractivity contribution in [3.8, 4) is 0 Å². The van der Waals surface area contributed by atoms with Crippen LogP contribution < -0.4 is 22.2 Å². The van der Waals surface area contributed by atoms with Gasteiger partial charge in [-0.3, -0.25) is 19.1 Å². The van der Waals surface area contributed by atoms with E-state index in [4.69, 9.17) is 4.42 Å². The Kier molecular flexibility index (Phi) is 4.05. The summed E-state index contributed by atoms with van der Waals surface area (Å²) in [5.41, 5.74) is -1.19. The van der Waals surface area contributed by atoms with Crippen LogP contribution in [0, 0.1) is 12.7 Å². The summed E-state index contributed by atoms with van der Waals surface area (Å²) >= 11 is 0. The Bertz CT molecular complexity index is 1160. The Morgan fingerprint density at radius 2 is 2.04 bits per heavy atom. The van der Waals surface area contributed by atoms with E-state index < -0.39 is 35.1 Å². The first-order valence-electron chi connectivity index (χ1n) is 7.17. The number of H-pyrrole nitrogens is 1. The van der Waals surface area contributed by atoms with Crippen LogP contribution in [0.3, 0.4) is 0 Å². The number of carbonyl (C=O) groups excluding carboxylic acids is 1. The SMILES string of the molecule is Cc1cc(=O)oc2cc(NC(=O)Cn3cc(F)c(=O)[nH]c3=O)ccc12. The molecule has 0 aliphatic carbocycles. The van der Waals surface area contributed by atoms with E-state index in [0.717, 1.165) is 15.5 Å². The molecule has 0 aliphatic rings. The molecule has 128 valence electrons. The first-order valence-corrected chi connectivity index (χ1v) is 7.17. The number of fused-ring (bicyclic) bond motifs is 1. The van der Waals surface area contributed by atoms with Gasteiger partial charge in [-0.2, -0.15) is 4.39 Å². The molecule has 3 aromatic rings. The number of nitrogens with zero attached hydrogens (tertiary/aromatic N) is 1. The first kappa shape index (κ1) is 16.4. The minimum atomic E-state index is -1.17. The molecule has 0 radical (unpaired) electrons. The van der Waals surface area contributed by atoms with Crippen molar-refractivity contribution in [2.24, 2.45) is 0 Å². The highest BCUT2D eigenvalue weighted by atomic mass is 19.1. The van der Waals surface area contributed by atoms with E-state index in [1.165, 1.54) is 12.1 Å². The smallest absolute Gasteiger partial charge is 0.336 e. The highest BCUT2D eigenvalue weighted by Crippen LogP contribution is 2.20. The van der Waals surface area contributed by atoms with Gasteiger partial charge in [0.2, 0.25) is 11.7 Å². The van der Waals surface area contributed by atoms with Gasteiger partial charge in [0.1, 0.15) is 12.1 Å². The number of nitrogens with one attached hydrogen (secondary N) is 2. The second kappa shape index (κ2) is 6.19. The number of amides is 1. The van der Waals surface area contributed by atoms with Gasteiger partial charge in [-0.1, -0.05) is 0 Å². The fourth-order valence-corrected chi connectivity index (χ4v) is 2.36. The number of aromatic nitrogens is 2. The second-order valence-electron chi connectivity index (χ2n) is 5.37. The van der Waals surface area contributed by atoms with Crippen molar-refractivity contribution < 1.29 is 13.6 Å². The maximum Gasteiger partial charge on any atom is 0.336 e. The lowest BCUT2D eigenvalue weighted by molar-refractivity contribution is -0.116. The van der Waals surface area contributed by atoms with Crippen LogP contribution in [0.15, 0.2) is 49.3 Å². The normalized spacial score (nSPS) is 10.8. The summed E-state index contributed by atoms with van der Waals surface area (Å²) in [4.78, 5) is 47.7. The van der Waals surface area contributed by atoms with E-state index in [9.17, 15) is 23.6 Å². The third kappa shape index (κ3) is 3.39. The summed E-state index contributed by atoms with van der Waals surface area (Å²) in [5, 5.41) is 3.23. The number of carbonyl (C=O) groups is 1. The van der Waals surface area contributed by atoms with Gasteiger partial charge in [-0.15, -0.1) is 0 Å². The summed E-state index contributed by atoms with van der Waals surface area (Å²) in [6.07, 6.45) is 0.656. The Morgan fingerprint density at radius 3 is 2.80 bits per heavy atom.